The molecule has 4 heterocycles. The van der Waals surface area contributed by atoms with E-state index < -0.39 is 12.1 Å². The predicted octanol–water partition coefficient (Wildman–Crippen LogP) is 5.44. The van der Waals surface area contributed by atoms with Crippen molar-refractivity contribution >= 4 is 61.4 Å². The van der Waals surface area contributed by atoms with Gasteiger partial charge in [0.05, 0.1) is 23.7 Å². The van der Waals surface area contributed by atoms with Crippen molar-refractivity contribution in [1.82, 2.24) is 19.4 Å². The molecule has 12 heteroatoms. The van der Waals surface area contributed by atoms with Crippen LogP contribution in [0.25, 0.3) is 39.1 Å². The molecule has 0 atom stereocenters. The second-order valence-corrected chi connectivity index (χ2v) is 10.6. The molecule has 1 saturated heterocycles. The number of carbonyl (C=O) groups excluding carboxylic acids is 1. The number of benzene rings is 2. The summed E-state index contributed by atoms with van der Waals surface area (Å²) in [6, 6.07) is 15.0. The first kappa shape index (κ1) is 26.5. The van der Waals surface area contributed by atoms with Gasteiger partial charge in [-0.15, -0.1) is 0 Å². The highest BCUT2D eigenvalue weighted by Gasteiger charge is 2.25. The monoisotopic (exact) mass is 617 g/mol. The van der Waals surface area contributed by atoms with Crippen molar-refractivity contribution in [2.24, 2.45) is 0 Å². The smallest absolute Gasteiger partial charge is 0.407 e. The number of carboxylic acid groups (broad SMARTS) is 2. The molecule has 0 bridgehead atoms. The molecule has 2 aromatic carbocycles. The summed E-state index contributed by atoms with van der Waals surface area (Å²) in [6.07, 6.45) is 1.91. The van der Waals surface area contributed by atoms with E-state index in [1.165, 1.54) is 4.90 Å². The summed E-state index contributed by atoms with van der Waals surface area (Å²) in [7, 11) is 0. The van der Waals surface area contributed by atoms with Gasteiger partial charge >= 0.3 is 12.1 Å². The number of fused-ring (bicyclic) bond motifs is 2. The Hall–Kier alpha value is -4.71. The molecule has 0 unspecified atom stereocenters. The zero-order chi connectivity index (χ0) is 28.7. The van der Waals surface area contributed by atoms with Gasteiger partial charge < -0.3 is 24.4 Å². The van der Waals surface area contributed by atoms with Gasteiger partial charge in [0.15, 0.2) is 5.78 Å². The van der Waals surface area contributed by atoms with Gasteiger partial charge in [-0.1, -0.05) is 15.9 Å². The van der Waals surface area contributed by atoms with Crippen LogP contribution in [-0.4, -0.2) is 73.7 Å². The Morgan fingerprint density at radius 1 is 0.927 bits per heavy atom. The third-order valence-corrected chi connectivity index (χ3v) is 7.66. The van der Waals surface area contributed by atoms with Gasteiger partial charge in [0.1, 0.15) is 11.6 Å². The quantitative estimate of drug-likeness (QED) is 0.228. The lowest BCUT2D eigenvalue weighted by Crippen LogP contribution is -2.48. The first-order valence-corrected chi connectivity index (χ1v) is 13.7. The van der Waals surface area contributed by atoms with Gasteiger partial charge in [-0.05, 0) is 48.5 Å². The van der Waals surface area contributed by atoms with Crippen LogP contribution in [0.5, 0.6) is 0 Å². The Morgan fingerprint density at radius 3 is 2.44 bits per heavy atom. The van der Waals surface area contributed by atoms with Crippen molar-refractivity contribution < 1.29 is 29.0 Å². The standard InChI is InChI=1S/C29H24BrN5O6/c30-18-4-6-23-19(15-18)21(24(36)7-8-26(37)38)16-35(23)28-31-22-5-3-17(25-2-1-13-41-25)14-20(22)27(32-28)33-9-11-34(12-10-33)29(39)40/h1-6,13-16H,7-12H2,(H,37,38)(H,39,40). The SMILES string of the molecule is O=C(O)CCC(=O)c1cn(-c2nc(N3CCN(C(=O)O)CC3)c3cc(-c4ccco4)ccc3n2)c2ccc(Br)cc12. The number of nitrogens with zero attached hydrogens (tertiary/aromatic N) is 5. The molecule has 11 nitrogen and oxygen atoms in total. The van der Waals surface area contributed by atoms with E-state index in [1.807, 2.05) is 53.4 Å². The Labute approximate surface area is 241 Å². The normalized spacial score (nSPS) is 13.7. The number of aliphatic carboxylic acids is 1. The molecule has 0 aliphatic carbocycles. The van der Waals surface area contributed by atoms with Crippen LogP contribution in [-0.2, 0) is 4.79 Å². The first-order valence-electron chi connectivity index (χ1n) is 12.9. The molecule has 41 heavy (non-hydrogen) atoms. The summed E-state index contributed by atoms with van der Waals surface area (Å²) in [6.45, 7) is 1.55. The predicted molar refractivity (Wildman–Crippen MR) is 155 cm³/mol. The van der Waals surface area contributed by atoms with Crippen LogP contribution < -0.4 is 4.90 Å². The van der Waals surface area contributed by atoms with E-state index in [4.69, 9.17) is 19.5 Å². The van der Waals surface area contributed by atoms with E-state index in [1.54, 1.807) is 17.0 Å². The number of rotatable bonds is 7. The van der Waals surface area contributed by atoms with E-state index in [0.717, 1.165) is 15.4 Å². The van der Waals surface area contributed by atoms with Crippen molar-refractivity contribution in [3.05, 3.63) is 71.0 Å². The van der Waals surface area contributed by atoms with Gasteiger partial charge in [0, 0.05) is 65.2 Å². The first-order chi connectivity index (χ1) is 19.8. The van der Waals surface area contributed by atoms with E-state index >= 15 is 0 Å². The lowest BCUT2D eigenvalue weighted by atomic mass is 10.1. The summed E-state index contributed by atoms with van der Waals surface area (Å²) in [4.78, 5) is 49.0. The molecule has 0 radical (unpaired) electrons. The average molecular weight is 618 g/mol. The average Bonchev–Trinajstić information content (AvgIpc) is 3.64. The molecular weight excluding hydrogens is 594 g/mol. The zero-order valence-electron chi connectivity index (χ0n) is 21.7. The fourth-order valence-electron chi connectivity index (χ4n) is 5.10. The molecule has 6 rings (SSSR count). The van der Waals surface area contributed by atoms with Crippen LogP contribution >= 0.6 is 15.9 Å². The molecule has 5 aromatic rings. The highest BCUT2D eigenvalue weighted by atomic mass is 79.9. The largest absolute Gasteiger partial charge is 0.481 e. The van der Waals surface area contributed by atoms with Crippen molar-refractivity contribution in [3.63, 3.8) is 0 Å². The lowest BCUT2D eigenvalue weighted by molar-refractivity contribution is -0.136. The fraction of sp³-hybridized carbons (Fsp3) is 0.207. The van der Waals surface area contributed by atoms with Crippen LogP contribution in [0.3, 0.4) is 0 Å². The number of halogens is 1. The zero-order valence-corrected chi connectivity index (χ0v) is 23.2. The number of Topliss-reactive ketones (excluding diaryl/α,β-unsaturated/α-hetero) is 1. The number of carboxylic acids is 1. The van der Waals surface area contributed by atoms with E-state index in [9.17, 15) is 19.5 Å². The number of piperazine rings is 1. The number of anilines is 1. The molecule has 208 valence electrons. The maximum Gasteiger partial charge on any atom is 0.407 e. The lowest BCUT2D eigenvalue weighted by Gasteiger charge is -2.34. The number of amides is 1. The molecular formula is C29H24BrN5O6. The van der Waals surface area contributed by atoms with Crippen LogP contribution in [0.4, 0.5) is 10.6 Å². The molecule has 0 saturated carbocycles. The van der Waals surface area contributed by atoms with E-state index in [0.29, 0.717) is 65.7 Å². The number of aromatic nitrogens is 3. The van der Waals surface area contributed by atoms with Crippen LogP contribution in [0.1, 0.15) is 23.2 Å². The minimum atomic E-state index is -1.04. The van der Waals surface area contributed by atoms with Crippen molar-refractivity contribution in [2.45, 2.75) is 12.8 Å². The van der Waals surface area contributed by atoms with E-state index in [2.05, 4.69) is 15.9 Å². The maximum absolute atomic E-state index is 13.1. The highest BCUT2D eigenvalue weighted by Crippen LogP contribution is 2.33. The number of furan rings is 1. The Kier molecular flexibility index (Phi) is 6.91. The summed E-state index contributed by atoms with van der Waals surface area (Å²) in [5.74, 6) is 0.347. The van der Waals surface area contributed by atoms with Gasteiger partial charge in [-0.25, -0.2) is 9.78 Å². The number of hydrogen-bond donors (Lipinski definition) is 2. The third kappa shape index (κ3) is 5.13. The van der Waals surface area contributed by atoms with Crippen molar-refractivity contribution in [2.75, 3.05) is 31.1 Å². The maximum atomic E-state index is 13.1. The Balaban J connectivity index is 1.50. The van der Waals surface area contributed by atoms with Gasteiger partial charge in [0.2, 0.25) is 5.95 Å². The summed E-state index contributed by atoms with van der Waals surface area (Å²) in [5, 5.41) is 20.0. The number of hydrogen-bond acceptors (Lipinski definition) is 7. The van der Waals surface area contributed by atoms with Crippen molar-refractivity contribution in [3.8, 4) is 17.3 Å². The Bertz CT molecular complexity index is 1810. The van der Waals surface area contributed by atoms with E-state index in [-0.39, 0.29) is 18.6 Å². The molecule has 1 aliphatic heterocycles. The van der Waals surface area contributed by atoms with Crippen molar-refractivity contribution in [1.29, 1.82) is 0 Å². The van der Waals surface area contributed by atoms with Gasteiger partial charge in [-0.2, -0.15) is 4.98 Å². The second kappa shape index (κ2) is 10.7. The summed E-state index contributed by atoms with van der Waals surface area (Å²) in [5.41, 5.74) is 2.60. The molecule has 2 N–H and O–H groups in total. The minimum absolute atomic E-state index is 0.131. The molecule has 1 fully saturated rings. The topological polar surface area (TPSA) is 142 Å². The molecule has 0 spiro atoms. The number of carbonyl (C=O) groups is 3. The van der Waals surface area contributed by atoms with Gasteiger partial charge in [-0.3, -0.25) is 14.2 Å². The fourth-order valence-corrected chi connectivity index (χ4v) is 5.46. The van der Waals surface area contributed by atoms with Crippen LogP contribution in [0, 0.1) is 0 Å². The van der Waals surface area contributed by atoms with Gasteiger partial charge in [0.25, 0.3) is 0 Å². The second-order valence-electron chi connectivity index (χ2n) is 9.70. The Morgan fingerprint density at radius 2 is 1.73 bits per heavy atom. The third-order valence-electron chi connectivity index (χ3n) is 7.17. The minimum Gasteiger partial charge on any atom is -0.481 e. The summed E-state index contributed by atoms with van der Waals surface area (Å²) >= 11 is 3.47. The number of ketones is 1. The molecule has 1 aliphatic rings. The summed E-state index contributed by atoms with van der Waals surface area (Å²) < 4.78 is 8.12. The highest BCUT2D eigenvalue weighted by molar-refractivity contribution is 9.10. The molecule has 3 aromatic heterocycles. The van der Waals surface area contributed by atoms with Crippen LogP contribution in [0.15, 0.2) is 69.9 Å². The molecule has 1 amide bonds. The van der Waals surface area contributed by atoms with Crippen LogP contribution in [0.2, 0.25) is 0 Å².